The van der Waals surface area contributed by atoms with E-state index in [0.29, 0.717) is 29.9 Å². The number of nitrogens with zero attached hydrogens (tertiary/aromatic N) is 5. The van der Waals surface area contributed by atoms with Crippen LogP contribution in [0, 0.1) is 0 Å². The van der Waals surface area contributed by atoms with Crippen molar-refractivity contribution in [3.63, 3.8) is 0 Å². The molecule has 36 heavy (non-hydrogen) atoms. The summed E-state index contributed by atoms with van der Waals surface area (Å²) in [6.45, 7) is 4.72. The quantitative estimate of drug-likeness (QED) is 0.137. The Bertz CT molecular complexity index is 1450. The predicted octanol–water partition coefficient (Wildman–Crippen LogP) is 6.81. The van der Waals surface area contributed by atoms with Crippen molar-refractivity contribution >= 4 is 27.7 Å². The largest absolute Gasteiger partial charge is 0.485 e. The van der Waals surface area contributed by atoms with Crippen molar-refractivity contribution in [1.82, 2.24) is 25.0 Å². The topological polar surface area (TPSA) is 78.9 Å². The minimum absolute atomic E-state index is 0.277. The van der Waals surface area contributed by atoms with Crippen molar-refractivity contribution in [1.29, 1.82) is 0 Å². The van der Waals surface area contributed by atoms with Gasteiger partial charge in [0.1, 0.15) is 12.4 Å². The zero-order valence-corrected chi connectivity index (χ0v) is 21.7. The van der Waals surface area contributed by atoms with Gasteiger partial charge in [-0.3, -0.25) is 4.57 Å². The number of para-hydroxylation sites is 1. The Morgan fingerprint density at radius 2 is 1.67 bits per heavy atom. The van der Waals surface area contributed by atoms with Crippen molar-refractivity contribution in [2.75, 3.05) is 0 Å². The number of halogens is 1. The van der Waals surface area contributed by atoms with Crippen LogP contribution in [0.2, 0.25) is 0 Å². The van der Waals surface area contributed by atoms with Crippen molar-refractivity contribution in [3.8, 4) is 28.3 Å². The van der Waals surface area contributed by atoms with E-state index in [1.165, 1.54) is 11.8 Å². The molecule has 0 unspecified atom stereocenters. The average Bonchev–Trinajstić information content (AvgIpc) is 3.55. The molecule has 0 amide bonds. The zero-order chi connectivity index (χ0) is 24.7. The van der Waals surface area contributed by atoms with Gasteiger partial charge in [-0.05, 0) is 35.9 Å². The van der Waals surface area contributed by atoms with E-state index in [1.54, 1.807) is 0 Å². The van der Waals surface area contributed by atoms with Gasteiger partial charge in [-0.2, -0.15) is 0 Å². The van der Waals surface area contributed by atoms with Crippen molar-refractivity contribution in [2.24, 2.45) is 0 Å². The molecule has 0 aliphatic carbocycles. The average molecular weight is 560 g/mol. The molecule has 2 heterocycles. The SMILES string of the molecule is C=CCn1c(COc2ccccc2-c2ccccc2)nnc1SCc1nnc(-c2ccc(Br)cc2)o1. The first-order chi connectivity index (χ1) is 17.7. The maximum atomic E-state index is 6.19. The van der Waals surface area contributed by atoms with Gasteiger partial charge in [-0.1, -0.05) is 82.3 Å². The summed E-state index contributed by atoms with van der Waals surface area (Å²) in [4.78, 5) is 0. The van der Waals surface area contributed by atoms with Crippen LogP contribution in [0.4, 0.5) is 0 Å². The molecule has 0 fully saturated rings. The number of rotatable bonds is 10. The minimum Gasteiger partial charge on any atom is -0.485 e. The van der Waals surface area contributed by atoms with Gasteiger partial charge in [0.05, 0.1) is 5.75 Å². The van der Waals surface area contributed by atoms with Crippen molar-refractivity contribution in [3.05, 3.63) is 108 Å². The number of thioether (sulfide) groups is 1. The third-order valence-electron chi connectivity index (χ3n) is 5.32. The molecule has 0 aliphatic rings. The molecule has 5 rings (SSSR count). The Balaban J connectivity index is 1.28. The van der Waals surface area contributed by atoms with Crippen LogP contribution < -0.4 is 4.74 Å². The highest BCUT2D eigenvalue weighted by atomic mass is 79.9. The van der Waals surface area contributed by atoms with Crippen LogP contribution >= 0.6 is 27.7 Å². The molecule has 0 bridgehead atoms. The van der Waals surface area contributed by atoms with E-state index in [0.717, 1.165) is 32.1 Å². The fourth-order valence-electron chi connectivity index (χ4n) is 3.58. The summed E-state index contributed by atoms with van der Waals surface area (Å²) >= 11 is 4.91. The van der Waals surface area contributed by atoms with Gasteiger partial charge in [-0.25, -0.2) is 0 Å². The number of allylic oxidation sites excluding steroid dienone is 1. The first kappa shape index (κ1) is 24.0. The second-order valence-electron chi connectivity index (χ2n) is 7.75. The number of ether oxygens (including phenoxy) is 1. The lowest BCUT2D eigenvalue weighted by atomic mass is 10.1. The van der Waals surface area contributed by atoms with Gasteiger partial charge in [0, 0.05) is 22.1 Å². The molecule has 0 saturated heterocycles. The summed E-state index contributed by atoms with van der Waals surface area (Å²) < 4.78 is 15.0. The van der Waals surface area contributed by atoms with Crippen molar-refractivity contribution in [2.45, 2.75) is 24.1 Å². The molecule has 180 valence electrons. The van der Waals surface area contributed by atoms with Crippen molar-refractivity contribution < 1.29 is 9.15 Å². The van der Waals surface area contributed by atoms with Gasteiger partial charge in [-0.15, -0.1) is 27.0 Å². The molecule has 2 aromatic heterocycles. The highest BCUT2D eigenvalue weighted by Crippen LogP contribution is 2.30. The Morgan fingerprint density at radius 3 is 2.47 bits per heavy atom. The predicted molar refractivity (Wildman–Crippen MR) is 143 cm³/mol. The first-order valence-corrected chi connectivity index (χ1v) is 13.0. The molecule has 3 aromatic carbocycles. The molecule has 5 aromatic rings. The molecule has 0 atom stereocenters. The maximum Gasteiger partial charge on any atom is 0.247 e. The smallest absolute Gasteiger partial charge is 0.247 e. The summed E-state index contributed by atoms with van der Waals surface area (Å²) in [7, 11) is 0. The van der Waals surface area contributed by atoms with E-state index in [1.807, 2.05) is 77.4 Å². The summed E-state index contributed by atoms with van der Waals surface area (Å²) in [5.41, 5.74) is 2.99. The molecule has 7 nitrogen and oxygen atoms in total. The number of hydrogen-bond donors (Lipinski definition) is 0. The maximum absolute atomic E-state index is 6.19. The summed E-state index contributed by atoms with van der Waals surface area (Å²) in [6.07, 6.45) is 1.81. The van der Waals surface area contributed by atoms with Crippen LogP contribution in [0.3, 0.4) is 0 Å². The van der Waals surface area contributed by atoms with Crippen LogP contribution in [0.5, 0.6) is 5.75 Å². The van der Waals surface area contributed by atoms with Gasteiger partial charge in [0.2, 0.25) is 11.8 Å². The van der Waals surface area contributed by atoms with Gasteiger partial charge in [0.25, 0.3) is 0 Å². The third-order valence-corrected chi connectivity index (χ3v) is 6.80. The molecule has 0 aliphatic heterocycles. The summed E-state index contributed by atoms with van der Waals surface area (Å²) in [5.74, 6) is 2.97. The van der Waals surface area contributed by atoms with E-state index in [4.69, 9.17) is 9.15 Å². The van der Waals surface area contributed by atoms with Crippen LogP contribution in [0.15, 0.2) is 106 Å². The Kier molecular flexibility index (Phi) is 7.58. The highest BCUT2D eigenvalue weighted by molar-refractivity contribution is 9.10. The normalized spacial score (nSPS) is 10.9. The fourth-order valence-corrected chi connectivity index (χ4v) is 4.65. The number of benzene rings is 3. The van der Waals surface area contributed by atoms with Crippen LogP contribution in [-0.2, 0) is 18.9 Å². The molecule has 9 heteroatoms. The van der Waals surface area contributed by atoms with Gasteiger partial charge in [0.15, 0.2) is 11.0 Å². The van der Waals surface area contributed by atoms with Crippen LogP contribution in [-0.4, -0.2) is 25.0 Å². The molecular weight excluding hydrogens is 538 g/mol. The number of aromatic nitrogens is 5. The molecular formula is C27H22BrN5O2S. The van der Waals surface area contributed by atoms with E-state index < -0.39 is 0 Å². The van der Waals surface area contributed by atoms with Crippen LogP contribution in [0.25, 0.3) is 22.6 Å². The molecule has 0 saturated carbocycles. The fraction of sp³-hybridized carbons (Fsp3) is 0.111. The Morgan fingerprint density at radius 1 is 0.889 bits per heavy atom. The lowest BCUT2D eigenvalue weighted by Gasteiger charge is -2.12. The standard InChI is InChI=1S/C27H22BrN5O2S/c1-2-16-33-24(17-34-23-11-7-6-10-22(23)19-8-4-3-5-9-19)29-32-27(33)36-18-25-30-31-26(35-25)20-12-14-21(28)15-13-20/h2-15H,1,16-18H2. The Labute approximate surface area is 221 Å². The second-order valence-corrected chi connectivity index (χ2v) is 9.60. The molecule has 0 radical (unpaired) electrons. The lowest BCUT2D eigenvalue weighted by molar-refractivity contribution is 0.290. The van der Waals surface area contributed by atoms with E-state index >= 15 is 0 Å². The minimum atomic E-state index is 0.277. The first-order valence-electron chi connectivity index (χ1n) is 11.2. The highest BCUT2D eigenvalue weighted by Gasteiger charge is 2.16. The Hall–Kier alpha value is -3.69. The van der Waals surface area contributed by atoms with E-state index in [9.17, 15) is 0 Å². The summed E-state index contributed by atoms with van der Waals surface area (Å²) in [5, 5.41) is 17.8. The summed E-state index contributed by atoms with van der Waals surface area (Å²) in [6, 6.07) is 25.9. The lowest BCUT2D eigenvalue weighted by Crippen LogP contribution is -2.08. The van der Waals surface area contributed by atoms with Crippen LogP contribution in [0.1, 0.15) is 11.7 Å². The zero-order valence-electron chi connectivity index (χ0n) is 19.3. The van der Waals surface area contributed by atoms with E-state index in [2.05, 4.69) is 55.0 Å². The monoisotopic (exact) mass is 559 g/mol. The second kappa shape index (κ2) is 11.4. The molecule has 0 spiro atoms. The third kappa shape index (κ3) is 5.58. The van der Waals surface area contributed by atoms with E-state index in [-0.39, 0.29) is 6.61 Å². The molecule has 0 N–H and O–H groups in total. The van der Waals surface area contributed by atoms with Gasteiger partial charge >= 0.3 is 0 Å². The number of hydrogen-bond acceptors (Lipinski definition) is 7. The van der Waals surface area contributed by atoms with Gasteiger partial charge < -0.3 is 9.15 Å².